The van der Waals surface area contributed by atoms with Crippen molar-refractivity contribution in [3.8, 4) is 0 Å². The van der Waals surface area contributed by atoms with Crippen LogP contribution < -0.4 is 9.62 Å². The Balaban J connectivity index is 1.56. The molecule has 1 amide bonds. The molecule has 1 heterocycles. The third kappa shape index (κ3) is 4.16. The zero-order chi connectivity index (χ0) is 20.4. The monoisotopic (exact) mass is 518 g/mol. The van der Waals surface area contributed by atoms with Crippen molar-refractivity contribution < 1.29 is 13.2 Å². The average Bonchev–Trinajstić information content (AvgIpc) is 2.73. The summed E-state index contributed by atoms with van der Waals surface area (Å²) in [5.41, 5.74) is 2.89. The van der Waals surface area contributed by atoms with Gasteiger partial charge in [-0.3, -0.25) is 9.10 Å². The minimum Gasteiger partial charge on any atom is -0.322 e. The van der Waals surface area contributed by atoms with Gasteiger partial charge in [-0.25, -0.2) is 8.42 Å². The Morgan fingerprint density at radius 2 is 1.72 bits per heavy atom. The minimum atomic E-state index is -3.66. The normalized spacial score (nSPS) is 13.6. The van der Waals surface area contributed by atoms with Gasteiger partial charge in [0.15, 0.2) is 0 Å². The van der Waals surface area contributed by atoms with E-state index < -0.39 is 10.0 Å². The Morgan fingerprint density at radius 3 is 2.48 bits per heavy atom. The summed E-state index contributed by atoms with van der Waals surface area (Å²) >= 11 is 2.15. The molecule has 7 heteroatoms. The van der Waals surface area contributed by atoms with E-state index >= 15 is 0 Å². The number of nitrogens with one attached hydrogen (secondary N) is 1. The first kappa shape index (κ1) is 19.9. The highest BCUT2D eigenvalue weighted by atomic mass is 127. The van der Waals surface area contributed by atoms with Gasteiger partial charge in [0, 0.05) is 21.4 Å². The topological polar surface area (TPSA) is 66.5 Å². The van der Waals surface area contributed by atoms with E-state index in [4.69, 9.17) is 0 Å². The zero-order valence-corrected chi connectivity index (χ0v) is 18.5. The van der Waals surface area contributed by atoms with Gasteiger partial charge in [0.1, 0.15) is 0 Å². The van der Waals surface area contributed by atoms with E-state index in [1.54, 1.807) is 24.3 Å². The fourth-order valence-corrected chi connectivity index (χ4v) is 5.50. The van der Waals surface area contributed by atoms with Gasteiger partial charge in [-0.15, -0.1) is 0 Å². The van der Waals surface area contributed by atoms with E-state index in [0.29, 0.717) is 17.8 Å². The van der Waals surface area contributed by atoms with Crippen molar-refractivity contribution in [2.45, 2.75) is 17.7 Å². The highest BCUT2D eigenvalue weighted by molar-refractivity contribution is 14.1. The SMILES string of the molecule is O=C(Nc1ccc(S(=O)(=O)N2CCCc3ccccc32)cc1)c1cccc(I)c1. The molecule has 0 unspecified atom stereocenters. The van der Waals surface area contributed by atoms with Crippen LogP contribution in [-0.4, -0.2) is 20.9 Å². The number of sulfonamides is 1. The van der Waals surface area contributed by atoms with E-state index in [0.717, 1.165) is 27.7 Å². The van der Waals surface area contributed by atoms with Crippen molar-refractivity contribution in [3.05, 3.63) is 87.5 Å². The number of fused-ring (bicyclic) bond motifs is 1. The van der Waals surface area contributed by atoms with Crippen LogP contribution in [0.2, 0.25) is 0 Å². The molecule has 3 aromatic carbocycles. The summed E-state index contributed by atoms with van der Waals surface area (Å²) in [6.07, 6.45) is 1.67. The molecular formula is C22H19IN2O3S. The number of nitrogens with zero attached hydrogens (tertiary/aromatic N) is 1. The Bertz CT molecular complexity index is 1160. The molecule has 0 aromatic heterocycles. The Hall–Kier alpha value is -2.39. The number of anilines is 2. The van der Waals surface area contributed by atoms with Gasteiger partial charge in [-0.1, -0.05) is 24.3 Å². The first-order valence-electron chi connectivity index (χ1n) is 9.23. The van der Waals surface area contributed by atoms with Crippen molar-refractivity contribution in [2.24, 2.45) is 0 Å². The van der Waals surface area contributed by atoms with Crippen molar-refractivity contribution in [1.29, 1.82) is 0 Å². The van der Waals surface area contributed by atoms with Crippen LogP contribution in [0.15, 0.2) is 77.7 Å². The first-order chi connectivity index (χ1) is 13.9. The van der Waals surface area contributed by atoms with Gasteiger partial charge in [0.25, 0.3) is 15.9 Å². The lowest BCUT2D eigenvalue weighted by Crippen LogP contribution is -2.35. The maximum absolute atomic E-state index is 13.2. The molecule has 4 rings (SSSR count). The van der Waals surface area contributed by atoms with E-state index in [-0.39, 0.29) is 10.8 Å². The molecule has 1 aliphatic heterocycles. The summed E-state index contributed by atoms with van der Waals surface area (Å²) in [4.78, 5) is 12.6. The fraction of sp³-hybridized carbons (Fsp3) is 0.136. The Morgan fingerprint density at radius 1 is 0.966 bits per heavy atom. The molecule has 0 aliphatic carbocycles. The number of carbonyl (C=O) groups is 1. The molecular weight excluding hydrogens is 499 g/mol. The second-order valence-electron chi connectivity index (χ2n) is 6.80. The average molecular weight is 518 g/mol. The second kappa shape index (κ2) is 8.16. The van der Waals surface area contributed by atoms with Gasteiger partial charge in [0.05, 0.1) is 10.6 Å². The van der Waals surface area contributed by atoms with Gasteiger partial charge < -0.3 is 5.32 Å². The van der Waals surface area contributed by atoms with Gasteiger partial charge in [0.2, 0.25) is 0 Å². The van der Waals surface area contributed by atoms with Gasteiger partial charge in [-0.2, -0.15) is 0 Å². The lowest BCUT2D eigenvalue weighted by molar-refractivity contribution is 0.102. The maximum atomic E-state index is 13.2. The van der Waals surface area contributed by atoms with Crippen molar-refractivity contribution >= 4 is 49.9 Å². The third-order valence-electron chi connectivity index (χ3n) is 4.85. The van der Waals surface area contributed by atoms with E-state index in [2.05, 4.69) is 27.9 Å². The van der Waals surface area contributed by atoms with Crippen LogP contribution in [0.1, 0.15) is 22.3 Å². The predicted octanol–water partition coefficient (Wildman–Crippen LogP) is 4.69. The number of hydrogen-bond acceptors (Lipinski definition) is 3. The standard InChI is InChI=1S/C22H19IN2O3S/c23-18-8-3-6-17(15-18)22(26)24-19-10-12-20(13-11-19)29(27,28)25-14-4-7-16-5-1-2-9-21(16)25/h1-3,5-6,8-13,15H,4,7,14H2,(H,24,26). The number of carbonyl (C=O) groups excluding carboxylic acids is 1. The molecule has 0 bridgehead atoms. The Labute approximate surface area is 183 Å². The maximum Gasteiger partial charge on any atom is 0.264 e. The molecule has 0 atom stereocenters. The summed E-state index contributed by atoms with van der Waals surface area (Å²) in [5.74, 6) is -0.232. The van der Waals surface area contributed by atoms with Crippen LogP contribution in [0.3, 0.4) is 0 Å². The molecule has 1 aliphatic rings. The van der Waals surface area contributed by atoms with E-state index in [1.165, 1.54) is 16.4 Å². The first-order valence-corrected chi connectivity index (χ1v) is 11.7. The van der Waals surface area contributed by atoms with E-state index in [9.17, 15) is 13.2 Å². The van der Waals surface area contributed by atoms with Gasteiger partial charge >= 0.3 is 0 Å². The smallest absolute Gasteiger partial charge is 0.264 e. The number of rotatable bonds is 4. The molecule has 148 valence electrons. The van der Waals surface area contributed by atoms with Crippen LogP contribution in [0, 0.1) is 3.57 Å². The lowest BCUT2D eigenvalue weighted by Gasteiger charge is -2.30. The number of benzene rings is 3. The van der Waals surface area contributed by atoms with Crippen molar-refractivity contribution in [3.63, 3.8) is 0 Å². The number of aryl methyl sites for hydroxylation is 1. The summed E-state index contributed by atoms with van der Waals surface area (Å²) in [6, 6.07) is 21.2. The number of hydrogen-bond donors (Lipinski definition) is 1. The lowest BCUT2D eigenvalue weighted by atomic mass is 10.0. The zero-order valence-electron chi connectivity index (χ0n) is 15.5. The molecule has 0 saturated heterocycles. The Kier molecular flexibility index (Phi) is 5.60. The summed E-state index contributed by atoms with van der Waals surface area (Å²) in [6.45, 7) is 0.463. The number of para-hydroxylation sites is 1. The largest absolute Gasteiger partial charge is 0.322 e. The number of halogens is 1. The molecule has 1 N–H and O–H groups in total. The highest BCUT2D eigenvalue weighted by Crippen LogP contribution is 2.32. The number of amides is 1. The van der Waals surface area contributed by atoms with Crippen LogP contribution >= 0.6 is 22.6 Å². The van der Waals surface area contributed by atoms with E-state index in [1.807, 2.05) is 36.4 Å². The molecule has 0 radical (unpaired) electrons. The molecule has 0 spiro atoms. The van der Waals surface area contributed by atoms with Crippen molar-refractivity contribution in [2.75, 3.05) is 16.2 Å². The molecule has 29 heavy (non-hydrogen) atoms. The van der Waals surface area contributed by atoms with Gasteiger partial charge in [-0.05, 0) is 89.5 Å². The molecule has 0 fully saturated rings. The summed E-state index contributed by atoms with van der Waals surface area (Å²) in [7, 11) is -3.66. The fourth-order valence-electron chi connectivity index (χ4n) is 3.42. The molecule has 3 aromatic rings. The van der Waals surface area contributed by atoms with Crippen LogP contribution in [0.4, 0.5) is 11.4 Å². The predicted molar refractivity (Wildman–Crippen MR) is 123 cm³/mol. The summed E-state index contributed by atoms with van der Waals surface area (Å²) < 4.78 is 28.8. The quantitative estimate of drug-likeness (QED) is 0.510. The molecule has 0 saturated carbocycles. The molecule has 5 nitrogen and oxygen atoms in total. The van der Waals surface area contributed by atoms with Crippen LogP contribution in [-0.2, 0) is 16.4 Å². The summed E-state index contributed by atoms with van der Waals surface area (Å²) in [5, 5.41) is 2.81. The minimum absolute atomic E-state index is 0.210. The third-order valence-corrected chi connectivity index (χ3v) is 7.35. The van der Waals surface area contributed by atoms with Crippen LogP contribution in [0.25, 0.3) is 0 Å². The van der Waals surface area contributed by atoms with Crippen molar-refractivity contribution in [1.82, 2.24) is 0 Å². The second-order valence-corrected chi connectivity index (χ2v) is 9.91. The highest BCUT2D eigenvalue weighted by Gasteiger charge is 2.28. The van der Waals surface area contributed by atoms with Crippen LogP contribution in [0.5, 0.6) is 0 Å².